The molecule has 0 radical (unpaired) electrons. The molecule has 2 N–H and O–H groups in total. The van der Waals surface area contributed by atoms with Gasteiger partial charge in [-0.1, -0.05) is 6.92 Å². The van der Waals surface area contributed by atoms with E-state index in [-0.39, 0.29) is 53.8 Å². The molecule has 2 aliphatic heterocycles. The van der Waals surface area contributed by atoms with Crippen LogP contribution in [-0.4, -0.2) is 56.8 Å². The molecule has 2 aliphatic rings. The SMILES string of the molecule is C[C@@H]1CC(=O)Nc2ncnc(N3CCC(c4nc(CC(F)(F)F)cn4CCNC(C)(C)C)CC3)c21.Cl.Cl. The highest BCUT2D eigenvalue weighted by atomic mass is 35.5. The maximum atomic E-state index is 13.1. The summed E-state index contributed by atoms with van der Waals surface area (Å²) in [5.74, 6) is 2.17. The Labute approximate surface area is 228 Å². The Morgan fingerprint density at radius 2 is 1.81 bits per heavy atom. The highest BCUT2D eigenvalue weighted by molar-refractivity contribution is 5.94. The molecule has 0 saturated carbocycles. The van der Waals surface area contributed by atoms with Gasteiger partial charge in [-0.2, -0.15) is 13.2 Å². The first kappa shape index (κ1) is 31.1. The van der Waals surface area contributed by atoms with Crippen molar-refractivity contribution in [3.63, 3.8) is 0 Å². The van der Waals surface area contributed by atoms with Crippen molar-refractivity contribution in [2.45, 2.75) is 83.5 Å². The van der Waals surface area contributed by atoms with Gasteiger partial charge < -0.3 is 20.1 Å². The molecular formula is C24H36Cl2F3N7O. The number of hydrogen-bond donors (Lipinski definition) is 2. The topological polar surface area (TPSA) is 88.0 Å². The summed E-state index contributed by atoms with van der Waals surface area (Å²) in [6.45, 7) is 10.8. The van der Waals surface area contributed by atoms with Crippen molar-refractivity contribution in [1.29, 1.82) is 0 Å². The molecule has 8 nitrogen and oxygen atoms in total. The van der Waals surface area contributed by atoms with Crippen LogP contribution < -0.4 is 15.5 Å². The molecular weight excluding hydrogens is 530 g/mol. The van der Waals surface area contributed by atoms with E-state index >= 15 is 0 Å². The lowest BCUT2D eigenvalue weighted by Gasteiger charge is -2.35. The molecule has 1 atom stereocenters. The van der Waals surface area contributed by atoms with E-state index in [1.54, 1.807) is 6.20 Å². The molecule has 0 aromatic carbocycles. The van der Waals surface area contributed by atoms with Gasteiger partial charge >= 0.3 is 6.18 Å². The summed E-state index contributed by atoms with van der Waals surface area (Å²) in [6.07, 6.45) is -0.367. The number of nitrogens with one attached hydrogen (secondary N) is 2. The summed E-state index contributed by atoms with van der Waals surface area (Å²) in [4.78, 5) is 27.3. The molecule has 2 aromatic heterocycles. The number of halogens is 5. The molecule has 0 bridgehead atoms. The summed E-state index contributed by atoms with van der Waals surface area (Å²) in [6, 6.07) is 0. The first-order valence-corrected chi connectivity index (χ1v) is 12.2. The number of aromatic nitrogens is 4. The van der Waals surface area contributed by atoms with Crippen molar-refractivity contribution in [3.8, 4) is 0 Å². The monoisotopic (exact) mass is 565 g/mol. The van der Waals surface area contributed by atoms with Crippen LogP contribution in [0.1, 0.15) is 75.9 Å². The number of rotatable bonds is 6. The molecule has 0 aliphatic carbocycles. The van der Waals surface area contributed by atoms with Gasteiger partial charge in [0, 0.05) is 55.8 Å². The fraction of sp³-hybridized carbons (Fsp3) is 0.667. The van der Waals surface area contributed by atoms with E-state index in [4.69, 9.17) is 0 Å². The number of anilines is 2. The van der Waals surface area contributed by atoms with Gasteiger partial charge in [-0.25, -0.2) is 15.0 Å². The first-order chi connectivity index (χ1) is 16.4. The number of amides is 1. The lowest BCUT2D eigenvalue weighted by Crippen LogP contribution is -2.38. The predicted molar refractivity (Wildman–Crippen MR) is 142 cm³/mol. The maximum absolute atomic E-state index is 13.1. The number of nitrogens with zero attached hydrogens (tertiary/aromatic N) is 5. The molecule has 0 unspecified atom stereocenters. The molecule has 2 aromatic rings. The van der Waals surface area contributed by atoms with Crippen LogP contribution in [0.2, 0.25) is 0 Å². The van der Waals surface area contributed by atoms with E-state index in [2.05, 4.69) is 51.3 Å². The van der Waals surface area contributed by atoms with E-state index in [9.17, 15) is 18.0 Å². The van der Waals surface area contributed by atoms with Crippen molar-refractivity contribution in [2.24, 2.45) is 0 Å². The minimum atomic E-state index is -4.29. The van der Waals surface area contributed by atoms with Crippen molar-refractivity contribution < 1.29 is 18.0 Å². The van der Waals surface area contributed by atoms with Gasteiger partial charge in [-0.15, -0.1) is 24.8 Å². The van der Waals surface area contributed by atoms with E-state index < -0.39 is 12.6 Å². The quantitative estimate of drug-likeness (QED) is 0.521. The van der Waals surface area contributed by atoms with Gasteiger partial charge in [0.15, 0.2) is 0 Å². The predicted octanol–water partition coefficient (Wildman–Crippen LogP) is 4.84. The van der Waals surface area contributed by atoms with Gasteiger partial charge in [0.05, 0.1) is 12.1 Å². The number of piperidine rings is 1. The average Bonchev–Trinajstić information content (AvgIpc) is 3.13. The second kappa shape index (κ2) is 12.2. The third-order valence-corrected chi connectivity index (χ3v) is 6.51. The highest BCUT2D eigenvalue weighted by Crippen LogP contribution is 2.38. The summed E-state index contributed by atoms with van der Waals surface area (Å²) in [5.41, 5.74) is 0.946. The van der Waals surface area contributed by atoms with Crippen LogP contribution in [0.5, 0.6) is 0 Å². The third kappa shape index (κ3) is 7.94. The molecule has 1 amide bonds. The zero-order chi connectivity index (χ0) is 25.4. The second-order valence-electron chi connectivity index (χ2n) is 10.6. The number of imidazole rings is 1. The molecule has 0 spiro atoms. The fourth-order valence-corrected chi connectivity index (χ4v) is 4.94. The standard InChI is InChI=1S/C24H34F3N7O.2ClH/c1-15-11-18(35)32-20-19(15)22(29-14-28-20)33-8-5-16(6-9-33)21-31-17(12-24(25,26)27)13-34(21)10-7-30-23(2,3)4;;/h13-16,30H,5-12H2,1-4H3,(H,28,29,32,35);2*1H/t15-;;/m1../s1. The van der Waals surface area contributed by atoms with Crippen LogP contribution in [-0.2, 0) is 17.8 Å². The summed E-state index contributed by atoms with van der Waals surface area (Å²) in [5, 5.41) is 6.24. The zero-order valence-electron chi connectivity index (χ0n) is 21.6. The highest BCUT2D eigenvalue weighted by Gasteiger charge is 2.33. The van der Waals surface area contributed by atoms with Crippen molar-refractivity contribution in [2.75, 3.05) is 29.9 Å². The van der Waals surface area contributed by atoms with Crippen LogP contribution in [0.3, 0.4) is 0 Å². The van der Waals surface area contributed by atoms with Gasteiger partial charge in [-0.05, 0) is 39.5 Å². The first-order valence-electron chi connectivity index (χ1n) is 12.2. The van der Waals surface area contributed by atoms with Gasteiger partial charge in [0.25, 0.3) is 0 Å². The minimum Gasteiger partial charge on any atom is -0.356 e. The zero-order valence-corrected chi connectivity index (χ0v) is 23.2. The lowest BCUT2D eigenvalue weighted by molar-refractivity contribution is -0.127. The van der Waals surface area contributed by atoms with Crippen LogP contribution in [0.15, 0.2) is 12.5 Å². The van der Waals surface area contributed by atoms with Crippen LogP contribution >= 0.6 is 24.8 Å². The third-order valence-electron chi connectivity index (χ3n) is 6.51. The number of alkyl halides is 3. The number of carbonyl (C=O) groups excluding carboxylic acids is 1. The smallest absolute Gasteiger partial charge is 0.356 e. The van der Waals surface area contributed by atoms with Crippen molar-refractivity contribution in [3.05, 3.63) is 29.6 Å². The summed E-state index contributed by atoms with van der Waals surface area (Å²) >= 11 is 0. The molecule has 4 heterocycles. The van der Waals surface area contributed by atoms with Crippen LogP contribution in [0.25, 0.3) is 0 Å². The van der Waals surface area contributed by atoms with E-state index in [0.717, 1.165) is 30.0 Å². The molecule has 208 valence electrons. The van der Waals surface area contributed by atoms with Gasteiger partial charge in [-0.3, -0.25) is 4.79 Å². The number of hydrogen-bond acceptors (Lipinski definition) is 6. The molecule has 37 heavy (non-hydrogen) atoms. The molecule has 13 heteroatoms. The Morgan fingerprint density at radius 1 is 1.14 bits per heavy atom. The summed E-state index contributed by atoms with van der Waals surface area (Å²) in [7, 11) is 0. The van der Waals surface area contributed by atoms with Gasteiger partial charge in [0.1, 0.15) is 23.8 Å². The largest absolute Gasteiger partial charge is 0.394 e. The Kier molecular flexibility index (Phi) is 10.2. The van der Waals surface area contributed by atoms with Crippen molar-refractivity contribution >= 4 is 42.4 Å². The van der Waals surface area contributed by atoms with E-state index in [1.807, 2.05) is 11.5 Å². The van der Waals surface area contributed by atoms with E-state index in [0.29, 0.717) is 38.4 Å². The molecule has 1 saturated heterocycles. The summed E-state index contributed by atoms with van der Waals surface area (Å²) < 4.78 is 41.1. The maximum Gasteiger partial charge on any atom is 0.394 e. The fourth-order valence-electron chi connectivity index (χ4n) is 4.94. The normalized spacial score (nSPS) is 18.5. The van der Waals surface area contributed by atoms with Gasteiger partial charge in [0.2, 0.25) is 5.91 Å². The Hall–Kier alpha value is -2.11. The molecule has 1 fully saturated rings. The second-order valence-corrected chi connectivity index (χ2v) is 10.6. The number of fused-ring (bicyclic) bond motifs is 1. The average molecular weight is 567 g/mol. The van der Waals surface area contributed by atoms with Crippen LogP contribution in [0.4, 0.5) is 24.8 Å². The number of carbonyl (C=O) groups is 1. The molecule has 4 rings (SSSR count). The van der Waals surface area contributed by atoms with Crippen molar-refractivity contribution in [1.82, 2.24) is 24.8 Å². The Balaban J connectivity index is 0.00000241. The lowest BCUT2D eigenvalue weighted by atomic mass is 9.92. The van der Waals surface area contributed by atoms with E-state index in [1.165, 1.54) is 6.33 Å². The van der Waals surface area contributed by atoms with Crippen LogP contribution in [0, 0.1) is 0 Å². The Morgan fingerprint density at radius 3 is 2.43 bits per heavy atom. The minimum absolute atomic E-state index is 0. The Bertz CT molecular complexity index is 1060.